The maximum absolute atomic E-state index is 12.8. The summed E-state index contributed by atoms with van der Waals surface area (Å²) in [5, 5.41) is 2.60. The molecular formula is C25H34FNO8S. The molecule has 36 heavy (non-hydrogen) atoms. The van der Waals surface area contributed by atoms with E-state index in [4.69, 9.17) is 13.7 Å². The van der Waals surface area contributed by atoms with Gasteiger partial charge in [-0.2, -0.15) is 8.42 Å². The Morgan fingerprint density at radius 3 is 2.19 bits per heavy atom. The van der Waals surface area contributed by atoms with Crippen LogP contribution in [0.3, 0.4) is 0 Å². The molecule has 0 radical (unpaired) electrons. The Labute approximate surface area is 211 Å². The van der Waals surface area contributed by atoms with Gasteiger partial charge in [0.05, 0.1) is 12.3 Å². The highest BCUT2D eigenvalue weighted by molar-refractivity contribution is 7.87. The predicted octanol–water partition coefficient (Wildman–Crippen LogP) is 4.14. The summed E-state index contributed by atoms with van der Waals surface area (Å²) in [6.07, 6.45) is -0.384. The van der Waals surface area contributed by atoms with Gasteiger partial charge in [0.1, 0.15) is 16.4 Å². The molecule has 0 aliphatic rings. The van der Waals surface area contributed by atoms with Gasteiger partial charge in [-0.05, 0) is 50.5 Å². The van der Waals surface area contributed by atoms with E-state index in [1.54, 1.807) is 31.2 Å². The molecule has 0 saturated heterocycles. The average molecular weight is 528 g/mol. The number of carbonyl (C=O) groups excluding carboxylic acids is 3. The minimum Gasteiger partial charge on any atom is -0.464 e. The van der Waals surface area contributed by atoms with Crippen molar-refractivity contribution in [3.63, 3.8) is 0 Å². The van der Waals surface area contributed by atoms with E-state index in [0.29, 0.717) is 0 Å². The summed E-state index contributed by atoms with van der Waals surface area (Å²) in [6, 6.07) is 13.9. The number of anilines is 1. The molecule has 0 aromatic heterocycles. The molecule has 11 heteroatoms. The van der Waals surface area contributed by atoms with Crippen LogP contribution in [0.25, 0.3) is 0 Å². The van der Waals surface area contributed by atoms with Crippen LogP contribution >= 0.6 is 0 Å². The van der Waals surface area contributed by atoms with Crippen LogP contribution in [0.15, 0.2) is 59.5 Å². The van der Waals surface area contributed by atoms with E-state index in [1.807, 2.05) is 0 Å². The van der Waals surface area contributed by atoms with Gasteiger partial charge in [-0.15, -0.1) is 0 Å². The zero-order valence-electron chi connectivity index (χ0n) is 19.8. The van der Waals surface area contributed by atoms with E-state index in [2.05, 4.69) is 5.32 Å². The van der Waals surface area contributed by atoms with E-state index >= 15 is 0 Å². The molecule has 2 atom stereocenters. The second-order valence-electron chi connectivity index (χ2n) is 7.71. The van der Waals surface area contributed by atoms with Crippen LogP contribution in [0.1, 0.15) is 40.5 Å². The molecule has 1 N–H and O–H groups in total. The van der Waals surface area contributed by atoms with Crippen molar-refractivity contribution in [1.82, 2.24) is 0 Å². The second-order valence-corrected chi connectivity index (χ2v) is 9.22. The molecule has 2 rings (SSSR count). The lowest BCUT2D eigenvalue weighted by Gasteiger charge is -2.17. The number of benzene rings is 2. The Bertz CT molecular complexity index is 1090. The van der Waals surface area contributed by atoms with Crippen LogP contribution in [0.4, 0.5) is 10.4 Å². The molecule has 0 fully saturated rings. The van der Waals surface area contributed by atoms with Crippen molar-refractivity contribution in [3.05, 3.63) is 54.6 Å². The number of carbonyl (C=O) groups is 3. The smallest absolute Gasteiger partial charge is 0.341 e. The fourth-order valence-electron chi connectivity index (χ4n) is 3.12. The number of ether oxygens (including phenoxy) is 2. The van der Waals surface area contributed by atoms with E-state index in [1.165, 1.54) is 44.4 Å². The monoisotopic (exact) mass is 527 g/mol. The Morgan fingerprint density at radius 2 is 1.58 bits per heavy atom. The van der Waals surface area contributed by atoms with Gasteiger partial charge >= 0.3 is 16.1 Å². The number of halogens is 1. The Balaban J connectivity index is 0.00000612. The van der Waals surface area contributed by atoms with E-state index in [-0.39, 0.29) is 60.1 Å². The van der Waals surface area contributed by atoms with Gasteiger partial charge in [0.15, 0.2) is 6.10 Å². The summed E-state index contributed by atoms with van der Waals surface area (Å²) in [5.41, 5.74) is 0.0605. The highest BCUT2D eigenvalue weighted by Gasteiger charge is 2.23. The summed E-state index contributed by atoms with van der Waals surface area (Å²) in [4.78, 5) is 35.9. The quantitative estimate of drug-likeness (QED) is 0.304. The maximum Gasteiger partial charge on any atom is 0.341 e. The molecule has 2 aromatic rings. The van der Waals surface area contributed by atoms with Crippen LogP contribution < -0.4 is 9.50 Å². The summed E-state index contributed by atoms with van der Waals surface area (Å²) < 4.78 is 40.7. The minimum atomic E-state index is -4.21. The van der Waals surface area contributed by atoms with Gasteiger partial charge in [0.2, 0.25) is 5.91 Å². The number of hydrogen-bond acceptors (Lipinski definition) is 8. The summed E-state index contributed by atoms with van der Waals surface area (Å²) in [6.45, 7) is 2.98. The van der Waals surface area contributed by atoms with Crippen LogP contribution in [0, 0.1) is 5.92 Å². The molecule has 0 aliphatic heterocycles. The van der Waals surface area contributed by atoms with Crippen LogP contribution in [0.5, 0.6) is 5.75 Å². The first-order chi connectivity index (χ1) is 16.1. The molecule has 0 saturated carbocycles. The number of amides is 1. The van der Waals surface area contributed by atoms with Crippen LogP contribution in [0.2, 0.25) is 0 Å². The first kappa shape index (κ1) is 32.7. The largest absolute Gasteiger partial charge is 0.464 e. The number of ketones is 1. The standard InChI is InChI=1S/C24H29NO8S.CH4.FH/c1-17(26)15-19(13-14-32-24(28)18(2)31-3)16-23(27)25-21-11-7-8-12-22(21)34(29,30)33-20-9-5-4-6-10-20;;/h4-12,18-19H,13-16H2,1-3H3,(H,25,27);1H4;1H. The zero-order chi connectivity index (χ0) is 25.1. The highest BCUT2D eigenvalue weighted by Crippen LogP contribution is 2.26. The van der Waals surface area contributed by atoms with Gasteiger partial charge in [-0.1, -0.05) is 37.8 Å². The van der Waals surface area contributed by atoms with Crippen molar-refractivity contribution in [3.8, 4) is 5.75 Å². The average Bonchev–Trinajstić information content (AvgIpc) is 2.78. The molecular weight excluding hydrogens is 493 g/mol. The number of hydrogen-bond donors (Lipinski definition) is 1. The molecule has 2 aromatic carbocycles. The third-order valence-electron chi connectivity index (χ3n) is 4.89. The number of esters is 1. The highest BCUT2D eigenvalue weighted by atomic mass is 32.2. The molecule has 2 unspecified atom stereocenters. The Kier molecular flexibility index (Phi) is 14.2. The number of nitrogens with one attached hydrogen (secondary N) is 1. The summed E-state index contributed by atoms with van der Waals surface area (Å²) in [5.74, 6) is -1.39. The van der Waals surface area contributed by atoms with Crippen molar-refractivity contribution in [2.45, 2.75) is 51.5 Å². The lowest BCUT2D eigenvalue weighted by atomic mass is 9.95. The predicted molar refractivity (Wildman–Crippen MR) is 134 cm³/mol. The van der Waals surface area contributed by atoms with Crippen molar-refractivity contribution in [2.24, 2.45) is 5.92 Å². The number of Topliss-reactive ketones (excluding diaryl/α,β-unsaturated/α-hetero) is 1. The fraction of sp³-hybridized carbons (Fsp3) is 0.400. The third-order valence-corrected chi connectivity index (χ3v) is 6.19. The SMILES string of the molecule is C.COC(C)C(=O)OCCC(CC(C)=O)CC(=O)Nc1ccccc1S(=O)(=O)Oc1ccccc1.F. The van der Waals surface area contributed by atoms with Gasteiger partial charge in [-0.25, -0.2) is 4.79 Å². The van der Waals surface area contributed by atoms with Crippen molar-refractivity contribution < 1.29 is 41.2 Å². The zero-order valence-corrected chi connectivity index (χ0v) is 20.6. The van der Waals surface area contributed by atoms with Gasteiger partial charge in [0, 0.05) is 20.0 Å². The molecule has 0 heterocycles. The molecule has 200 valence electrons. The lowest BCUT2D eigenvalue weighted by Crippen LogP contribution is -2.24. The first-order valence-corrected chi connectivity index (χ1v) is 12.1. The molecule has 0 spiro atoms. The van der Waals surface area contributed by atoms with Gasteiger partial charge < -0.3 is 23.8 Å². The van der Waals surface area contributed by atoms with Crippen LogP contribution in [-0.4, -0.2) is 45.9 Å². The second kappa shape index (κ2) is 15.6. The lowest BCUT2D eigenvalue weighted by molar-refractivity contribution is -0.154. The minimum absolute atomic E-state index is 0. The summed E-state index contributed by atoms with van der Waals surface area (Å²) in [7, 11) is -2.82. The number of para-hydroxylation sites is 2. The van der Waals surface area contributed by atoms with E-state index in [0.717, 1.165) is 0 Å². The van der Waals surface area contributed by atoms with Gasteiger partial charge in [-0.3, -0.25) is 9.50 Å². The number of rotatable bonds is 13. The van der Waals surface area contributed by atoms with Crippen molar-refractivity contribution in [2.75, 3.05) is 19.0 Å². The fourth-order valence-corrected chi connectivity index (χ4v) is 4.21. The Hall–Kier alpha value is -3.31. The molecule has 0 aliphatic carbocycles. The topological polar surface area (TPSA) is 125 Å². The Morgan fingerprint density at radius 1 is 0.972 bits per heavy atom. The number of methoxy groups -OCH3 is 1. The third kappa shape index (κ3) is 10.5. The molecule has 0 bridgehead atoms. The molecule has 1 amide bonds. The van der Waals surface area contributed by atoms with E-state index < -0.39 is 34.0 Å². The van der Waals surface area contributed by atoms with Crippen molar-refractivity contribution in [1.29, 1.82) is 0 Å². The first-order valence-electron chi connectivity index (χ1n) is 10.7. The van der Waals surface area contributed by atoms with Crippen LogP contribution in [-0.2, 0) is 34.0 Å². The van der Waals surface area contributed by atoms with Crippen molar-refractivity contribution >= 4 is 33.5 Å². The summed E-state index contributed by atoms with van der Waals surface area (Å²) >= 11 is 0. The van der Waals surface area contributed by atoms with Gasteiger partial charge in [0.25, 0.3) is 0 Å². The molecule has 9 nitrogen and oxygen atoms in total. The van der Waals surface area contributed by atoms with E-state index in [9.17, 15) is 22.8 Å². The maximum atomic E-state index is 12.8. The normalized spacial score (nSPS) is 12.2.